The van der Waals surface area contributed by atoms with Crippen molar-refractivity contribution in [2.24, 2.45) is 0 Å². The van der Waals surface area contributed by atoms with Gasteiger partial charge in [-0.15, -0.1) is 10.2 Å². The summed E-state index contributed by atoms with van der Waals surface area (Å²) in [6, 6.07) is 4.84. The third-order valence-corrected chi connectivity index (χ3v) is 7.88. The number of pyridine rings is 1. The van der Waals surface area contributed by atoms with Crippen LogP contribution in [0.2, 0.25) is 0 Å². The molecule has 0 radical (unpaired) electrons. The minimum atomic E-state index is -2.78. The van der Waals surface area contributed by atoms with Gasteiger partial charge in [0, 0.05) is 54.9 Å². The smallest absolute Gasteiger partial charge is 0.263 e. The van der Waals surface area contributed by atoms with Gasteiger partial charge in [0.2, 0.25) is 11.0 Å². The first-order valence-corrected chi connectivity index (χ1v) is 13.2. The number of alkyl halides is 2. The summed E-state index contributed by atoms with van der Waals surface area (Å²) in [5.74, 6) is -0.847. The summed E-state index contributed by atoms with van der Waals surface area (Å²) in [6.07, 6.45) is -0.588. The Morgan fingerprint density at radius 1 is 1.29 bits per heavy atom. The predicted octanol–water partition coefficient (Wildman–Crippen LogP) is 3.53. The molecular weight excluding hydrogens is 540 g/mol. The zero-order valence-corrected chi connectivity index (χ0v) is 22.4. The lowest BCUT2D eigenvalue weighted by Gasteiger charge is -2.17. The number of aromatic nitrogens is 3. The highest BCUT2D eigenvalue weighted by Crippen LogP contribution is 2.36. The van der Waals surface area contributed by atoms with Gasteiger partial charge in [0.1, 0.15) is 12.3 Å². The van der Waals surface area contributed by atoms with Gasteiger partial charge in [-0.3, -0.25) is 19.7 Å². The Morgan fingerprint density at radius 3 is 2.74 bits per heavy atom. The number of hydrogen-bond donors (Lipinski definition) is 1. The molecule has 1 unspecified atom stereocenters. The fourth-order valence-corrected chi connectivity index (χ4v) is 5.74. The molecule has 3 heterocycles. The Kier molecular flexibility index (Phi) is 8.74. The molecule has 0 spiro atoms. The number of methoxy groups -OCH3 is 1. The van der Waals surface area contributed by atoms with Gasteiger partial charge in [-0.05, 0) is 24.6 Å². The molecular formula is C24H25F2N5O5S2. The fraction of sp³-hybridized carbons (Fsp3) is 0.375. The van der Waals surface area contributed by atoms with Gasteiger partial charge in [0.25, 0.3) is 17.9 Å². The maximum Gasteiger partial charge on any atom is 0.263 e. The molecule has 0 aliphatic carbocycles. The quantitative estimate of drug-likeness (QED) is 0.392. The van der Waals surface area contributed by atoms with E-state index in [0.29, 0.717) is 17.6 Å². The van der Waals surface area contributed by atoms with Crippen LogP contribution >= 0.6 is 23.1 Å². The van der Waals surface area contributed by atoms with E-state index in [2.05, 4.69) is 15.5 Å². The summed E-state index contributed by atoms with van der Waals surface area (Å²) < 4.78 is 39.6. The molecule has 1 aromatic carbocycles. The second kappa shape index (κ2) is 12.0. The van der Waals surface area contributed by atoms with E-state index in [1.165, 1.54) is 59.5 Å². The molecule has 1 N–H and O–H groups in total. The third-order valence-electron chi connectivity index (χ3n) is 5.72. The molecule has 1 aliphatic rings. The zero-order valence-electron chi connectivity index (χ0n) is 20.8. The number of hydrogen-bond acceptors (Lipinski definition) is 9. The van der Waals surface area contributed by atoms with Crippen molar-refractivity contribution in [3.05, 3.63) is 51.9 Å². The van der Waals surface area contributed by atoms with Crippen molar-refractivity contribution in [3.8, 4) is 16.9 Å². The number of rotatable bonds is 9. The number of carbonyl (C=O) groups is 2. The SMILES string of the molecule is COc1ccc(C(F)F)cc1-c1cn(CC(=O)N(C)C)c(=O)cc1C(=O)Nc1nnc(SC2CCOC2)s1. The predicted molar refractivity (Wildman–Crippen MR) is 139 cm³/mol. The van der Waals surface area contributed by atoms with Crippen LogP contribution in [0.4, 0.5) is 13.9 Å². The highest BCUT2D eigenvalue weighted by Gasteiger charge is 2.23. The van der Waals surface area contributed by atoms with Crippen molar-refractivity contribution in [1.29, 1.82) is 0 Å². The van der Waals surface area contributed by atoms with Crippen LogP contribution in [-0.4, -0.2) is 71.1 Å². The summed E-state index contributed by atoms with van der Waals surface area (Å²) in [6.45, 7) is 0.992. The summed E-state index contributed by atoms with van der Waals surface area (Å²) in [4.78, 5) is 39.9. The Hall–Kier alpha value is -3.36. The molecule has 1 saturated heterocycles. The first-order chi connectivity index (χ1) is 18.2. The van der Waals surface area contributed by atoms with Gasteiger partial charge < -0.3 is 18.9 Å². The van der Waals surface area contributed by atoms with Gasteiger partial charge in [0.05, 0.1) is 19.3 Å². The average Bonchev–Trinajstić information content (AvgIpc) is 3.56. The van der Waals surface area contributed by atoms with Crippen molar-refractivity contribution in [1.82, 2.24) is 19.7 Å². The topological polar surface area (TPSA) is 116 Å². The van der Waals surface area contributed by atoms with Gasteiger partial charge in [-0.2, -0.15) is 0 Å². The van der Waals surface area contributed by atoms with Crippen molar-refractivity contribution in [3.63, 3.8) is 0 Å². The Labute approximate surface area is 225 Å². The van der Waals surface area contributed by atoms with E-state index < -0.39 is 17.9 Å². The fourth-order valence-electron chi connectivity index (χ4n) is 3.68. The van der Waals surface area contributed by atoms with Crippen LogP contribution in [0.1, 0.15) is 28.8 Å². The van der Waals surface area contributed by atoms with Crippen LogP contribution in [0, 0.1) is 0 Å². The number of halogens is 2. The molecule has 1 aliphatic heterocycles. The van der Waals surface area contributed by atoms with Crippen LogP contribution in [-0.2, 0) is 16.1 Å². The molecule has 1 fully saturated rings. The molecule has 38 heavy (non-hydrogen) atoms. The molecule has 10 nitrogen and oxygen atoms in total. The van der Waals surface area contributed by atoms with E-state index in [0.717, 1.165) is 17.1 Å². The molecule has 2 amide bonds. The van der Waals surface area contributed by atoms with Crippen molar-refractivity contribution < 1.29 is 27.8 Å². The molecule has 3 aromatic rings. The molecule has 202 valence electrons. The number of amides is 2. The summed E-state index contributed by atoms with van der Waals surface area (Å²) in [5.41, 5.74) is -0.711. The molecule has 0 saturated carbocycles. The lowest BCUT2D eigenvalue weighted by atomic mass is 9.98. The van der Waals surface area contributed by atoms with Crippen molar-refractivity contribution in [2.75, 3.05) is 39.7 Å². The van der Waals surface area contributed by atoms with E-state index in [1.54, 1.807) is 14.1 Å². The van der Waals surface area contributed by atoms with Crippen LogP contribution in [0.15, 0.2) is 39.6 Å². The van der Waals surface area contributed by atoms with E-state index >= 15 is 0 Å². The monoisotopic (exact) mass is 565 g/mol. The molecule has 1 atom stereocenters. The minimum absolute atomic E-state index is 0.0955. The number of nitrogens with zero attached hydrogens (tertiary/aromatic N) is 4. The number of thioether (sulfide) groups is 1. The largest absolute Gasteiger partial charge is 0.496 e. The maximum absolute atomic E-state index is 13.5. The van der Waals surface area contributed by atoms with E-state index in [9.17, 15) is 23.2 Å². The van der Waals surface area contributed by atoms with Crippen LogP contribution < -0.4 is 15.6 Å². The highest BCUT2D eigenvalue weighted by molar-refractivity contribution is 8.01. The summed E-state index contributed by atoms with van der Waals surface area (Å²) >= 11 is 2.68. The molecule has 0 bridgehead atoms. The molecule has 2 aromatic heterocycles. The number of nitrogens with one attached hydrogen (secondary N) is 1. The Morgan fingerprint density at radius 2 is 2.08 bits per heavy atom. The standard InChI is InChI=1S/C24H25F2N5O5S2/c1-30(2)20(33)11-31-10-17(15-8-13(21(25)26)4-5-18(15)35-3)16(9-19(31)32)22(34)27-23-28-29-24(38-23)37-14-6-7-36-12-14/h4-5,8-10,14,21H,6-7,11-12H2,1-3H3,(H,27,28,34). The second-order valence-electron chi connectivity index (χ2n) is 8.55. The summed E-state index contributed by atoms with van der Waals surface area (Å²) in [7, 11) is 4.45. The number of carbonyl (C=O) groups excluding carboxylic acids is 2. The first kappa shape index (κ1) is 27.7. The molecule has 4 rings (SSSR count). The van der Waals surface area contributed by atoms with E-state index in [-0.39, 0.29) is 50.8 Å². The Balaban J connectivity index is 1.73. The van der Waals surface area contributed by atoms with Gasteiger partial charge in [-0.1, -0.05) is 23.1 Å². The van der Waals surface area contributed by atoms with Crippen LogP contribution in [0.25, 0.3) is 11.1 Å². The second-order valence-corrected chi connectivity index (χ2v) is 11.1. The average molecular weight is 566 g/mol. The van der Waals surface area contributed by atoms with Crippen molar-refractivity contribution in [2.45, 2.75) is 29.0 Å². The van der Waals surface area contributed by atoms with Crippen molar-refractivity contribution >= 4 is 40.0 Å². The number of anilines is 1. The summed E-state index contributed by atoms with van der Waals surface area (Å²) in [5, 5.41) is 11.2. The van der Waals surface area contributed by atoms with Crippen LogP contribution in [0.3, 0.4) is 0 Å². The normalized spacial score (nSPS) is 15.1. The van der Waals surface area contributed by atoms with Gasteiger partial charge >= 0.3 is 0 Å². The number of benzene rings is 1. The van der Waals surface area contributed by atoms with Crippen LogP contribution in [0.5, 0.6) is 5.75 Å². The zero-order chi connectivity index (χ0) is 27.4. The first-order valence-electron chi connectivity index (χ1n) is 11.5. The van der Waals surface area contributed by atoms with E-state index in [1.807, 2.05) is 0 Å². The number of ether oxygens (including phenoxy) is 2. The van der Waals surface area contributed by atoms with Gasteiger partial charge in [0.15, 0.2) is 4.34 Å². The number of likely N-dealkylation sites (N-methyl/N-ethyl adjacent to an activating group) is 1. The third kappa shape index (κ3) is 6.37. The maximum atomic E-state index is 13.5. The molecule has 14 heteroatoms. The lowest BCUT2D eigenvalue weighted by molar-refractivity contribution is -0.129. The highest BCUT2D eigenvalue weighted by atomic mass is 32.2. The Bertz CT molecular complexity index is 1390. The van der Waals surface area contributed by atoms with E-state index in [4.69, 9.17) is 9.47 Å². The minimum Gasteiger partial charge on any atom is -0.496 e. The van der Waals surface area contributed by atoms with Gasteiger partial charge in [-0.25, -0.2) is 8.78 Å². The lowest BCUT2D eigenvalue weighted by Crippen LogP contribution is -2.32.